The van der Waals surface area contributed by atoms with E-state index in [1.54, 1.807) is 67.6 Å². The Morgan fingerprint density at radius 3 is 2.27 bits per heavy atom. The van der Waals surface area contributed by atoms with Crippen molar-refractivity contribution in [1.82, 2.24) is 0 Å². The van der Waals surface area contributed by atoms with Crippen LogP contribution in [0.4, 0.5) is 11.4 Å². The quantitative estimate of drug-likeness (QED) is 0.578. The number of benzene rings is 3. The van der Waals surface area contributed by atoms with Crippen LogP contribution in [0.15, 0.2) is 83.8 Å². The molecule has 7 nitrogen and oxygen atoms in total. The number of hydrogen-bond donors (Lipinski definition) is 1. The predicted molar refractivity (Wildman–Crippen MR) is 127 cm³/mol. The summed E-state index contributed by atoms with van der Waals surface area (Å²) in [6.45, 7) is 1.85. The summed E-state index contributed by atoms with van der Waals surface area (Å²) in [6.07, 6.45) is 0. The number of amides is 1. The topological polar surface area (TPSA) is 92.8 Å². The number of sulfonamides is 1. The molecule has 0 fully saturated rings. The van der Waals surface area contributed by atoms with Crippen LogP contribution in [0.2, 0.25) is 0 Å². The van der Waals surface area contributed by atoms with Crippen LogP contribution in [0.5, 0.6) is 0 Å². The normalized spacial score (nSPS) is 14.4. The Labute approximate surface area is 192 Å². The van der Waals surface area contributed by atoms with E-state index >= 15 is 0 Å². The standard InChI is InChI=1S/C25H22N2O5S/c1-3-32-25(29)18-13-7-9-15-20(18)26-24(28)23-22(17-11-5-4-6-12-17)19-14-8-10-16-21(19)27(2)33(23,30)31/h4-16H,3H2,1-2H3,(H,26,28). The van der Waals surface area contributed by atoms with Crippen LogP contribution in [-0.2, 0) is 19.6 Å². The van der Waals surface area contributed by atoms with Crippen LogP contribution in [0.3, 0.4) is 0 Å². The zero-order valence-electron chi connectivity index (χ0n) is 18.1. The number of fused-ring (bicyclic) bond motifs is 1. The van der Waals surface area contributed by atoms with Gasteiger partial charge >= 0.3 is 5.97 Å². The minimum Gasteiger partial charge on any atom is -0.462 e. The van der Waals surface area contributed by atoms with Crippen LogP contribution < -0.4 is 9.62 Å². The monoisotopic (exact) mass is 462 g/mol. The number of anilines is 2. The number of rotatable bonds is 5. The molecule has 0 unspecified atom stereocenters. The molecule has 168 valence electrons. The third-order valence-electron chi connectivity index (χ3n) is 5.30. The first-order chi connectivity index (χ1) is 15.9. The van der Waals surface area contributed by atoms with Gasteiger partial charge in [0.05, 0.1) is 23.5 Å². The number of carbonyl (C=O) groups excluding carboxylic acids is 2. The maximum absolute atomic E-state index is 13.5. The Kier molecular flexibility index (Phi) is 6.02. The maximum Gasteiger partial charge on any atom is 0.340 e. The summed E-state index contributed by atoms with van der Waals surface area (Å²) in [5.41, 5.74) is 2.28. The lowest BCUT2D eigenvalue weighted by Crippen LogP contribution is -2.37. The summed E-state index contributed by atoms with van der Waals surface area (Å²) in [4.78, 5) is 25.5. The van der Waals surface area contributed by atoms with Crippen molar-refractivity contribution in [2.24, 2.45) is 0 Å². The van der Waals surface area contributed by atoms with Crippen molar-refractivity contribution in [3.63, 3.8) is 0 Å². The molecular formula is C25H22N2O5S. The van der Waals surface area contributed by atoms with Crippen LogP contribution in [0.25, 0.3) is 5.57 Å². The molecule has 0 aliphatic carbocycles. The van der Waals surface area contributed by atoms with Crippen molar-refractivity contribution in [3.8, 4) is 0 Å². The summed E-state index contributed by atoms with van der Waals surface area (Å²) in [5.74, 6) is -1.45. The highest BCUT2D eigenvalue weighted by Crippen LogP contribution is 2.42. The van der Waals surface area contributed by atoms with Gasteiger partial charge in [-0.15, -0.1) is 0 Å². The second kappa shape index (κ2) is 8.91. The van der Waals surface area contributed by atoms with Crippen molar-refractivity contribution in [2.75, 3.05) is 23.3 Å². The molecule has 3 aromatic carbocycles. The molecule has 0 radical (unpaired) electrons. The number of para-hydroxylation sites is 2. The smallest absolute Gasteiger partial charge is 0.340 e. The van der Waals surface area contributed by atoms with E-state index in [0.717, 1.165) is 4.31 Å². The average molecular weight is 463 g/mol. The van der Waals surface area contributed by atoms with E-state index in [0.29, 0.717) is 22.4 Å². The summed E-state index contributed by atoms with van der Waals surface area (Å²) >= 11 is 0. The Morgan fingerprint density at radius 2 is 1.55 bits per heavy atom. The molecule has 1 amide bonds. The summed E-state index contributed by atoms with van der Waals surface area (Å²) in [5, 5.41) is 2.62. The van der Waals surface area contributed by atoms with E-state index in [1.165, 1.54) is 19.2 Å². The zero-order chi connectivity index (χ0) is 23.6. The molecule has 0 saturated carbocycles. The Bertz CT molecular complexity index is 1360. The van der Waals surface area contributed by atoms with E-state index in [4.69, 9.17) is 4.74 Å². The Balaban J connectivity index is 1.91. The van der Waals surface area contributed by atoms with Crippen LogP contribution in [0.1, 0.15) is 28.4 Å². The minimum atomic E-state index is -4.19. The van der Waals surface area contributed by atoms with Gasteiger partial charge in [0.2, 0.25) is 0 Å². The minimum absolute atomic E-state index is 0.136. The van der Waals surface area contributed by atoms with Crippen LogP contribution in [-0.4, -0.2) is 33.9 Å². The van der Waals surface area contributed by atoms with Gasteiger partial charge in [0.25, 0.3) is 15.9 Å². The number of nitrogens with zero attached hydrogens (tertiary/aromatic N) is 1. The fraction of sp³-hybridized carbons (Fsp3) is 0.120. The lowest BCUT2D eigenvalue weighted by Gasteiger charge is -2.31. The van der Waals surface area contributed by atoms with Crippen LogP contribution >= 0.6 is 0 Å². The van der Waals surface area contributed by atoms with Gasteiger partial charge < -0.3 is 10.1 Å². The fourth-order valence-corrected chi connectivity index (χ4v) is 5.22. The van der Waals surface area contributed by atoms with E-state index in [2.05, 4.69) is 5.32 Å². The van der Waals surface area contributed by atoms with Crippen molar-refractivity contribution in [3.05, 3.63) is 100 Å². The molecule has 3 aromatic rings. The second-order valence-corrected chi connectivity index (χ2v) is 9.19. The number of nitrogens with one attached hydrogen (secondary N) is 1. The molecule has 33 heavy (non-hydrogen) atoms. The third kappa shape index (κ3) is 4.01. The Morgan fingerprint density at radius 1 is 0.909 bits per heavy atom. The Hall–Kier alpha value is -3.91. The van der Waals surface area contributed by atoms with Crippen molar-refractivity contribution < 1.29 is 22.7 Å². The van der Waals surface area contributed by atoms with Gasteiger partial charge in [0.1, 0.15) is 0 Å². The van der Waals surface area contributed by atoms with E-state index in [1.807, 2.05) is 6.07 Å². The van der Waals surface area contributed by atoms with Gasteiger partial charge in [-0.05, 0) is 30.7 Å². The molecule has 0 saturated heterocycles. The largest absolute Gasteiger partial charge is 0.462 e. The van der Waals surface area contributed by atoms with Gasteiger partial charge in [-0.25, -0.2) is 13.2 Å². The highest BCUT2D eigenvalue weighted by molar-refractivity contribution is 7.97. The molecular weight excluding hydrogens is 440 g/mol. The number of hydrogen-bond acceptors (Lipinski definition) is 5. The number of esters is 1. The fourth-order valence-electron chi connectivity index (χ4n) is 3.76. The molecule has 0 aromatic heterocycles. The molecule has 8 heteroatoms. The van der Waals surface area contributed by atoms with E-state index in [9.17, 15) is 18.0 Å². The first kappa shape index (κ1) is 22.3. The van der Waals surface area contributed by atoms with Gasteiger partial charge in [-0.2, -0.15) is 0 Å². The lowest BCUT2D eigenvalue weighted by atomic mass is 9.95. The highest BCUT2D eigenvalue weighted by Gasteiger charge is 2.39. The van der Waals surface area contributed by atoms with E-state index in [-0.39, 0.29) is 17.9 Å². The zero-order valence-corrected chi connectivity index (χ0v) is 18.9. The predicted octanol–water partition coefficient (Wildman–Crippen LogP) is 4.04. The summed E-state index contributed by atoms with van der Waals surface area (Å²) in [7, 11) is -2.78. The SMILES string of the molecule is CCOC(=O)c1ccccc1NC(=O)C1=C(c2ccccc2)c2ccccc2N(C)S1(=O)=O. The molecule has 0 bridgehead atoms. The van der Waals surface area contributed by atoms with Crippen molar-refractivity contribution >= 4 is 38.8 Å². The highest BCUT2D eigenvalue weighted by atomic mass is 32.2. The molecule has 1 heterocycles. The van der Waals surface area contributed by atoms with Gasteiger partial charge in [0, 0.05) is 18.2 Å². The van der Waals surface area contributed by atoms with Gasteiger partial charge in [-0.1, -0.05) is 60.7 Å². The summed E-state index contributed by atoms with van der Waals surface area (Å²) < 4.78 is 33.2. The molecule has 0 atom stereocenters. The first-order valence-corrected chi connectivity index (χ1v) is 11.8. The van der Waals surface area contributed by atoms with Gasteiger partial charge in [-0.3, -0.25) is 9.10 Å². The summed E-state index contributed by atoms with van der Waals surface area (Å²) in [6, 6.07) is 22.2. The molecule has 4 rings (SSSR count). The van der Waals surface area contributed by atoms with E-state index < -0.39 is 26.8 Å². The van der Waals surface area contributed by atoms with Crippen molar-refractivity contribution in [2.45, 2.75) is 6.92 Å². The van der Waals surface area contributed by atoms with Gasteiger partial charge in [0.15, 0.2) is 4.91 Å². The third-order valence-corrected chi connectivity index (χ3v) is 7.12. The molecule has 1 N–H and O–H groups in total. The first-order valence-electron chi connectivity index (χ1n) is 10.3. The average Bonchev–Trinajstić information content (AvgIpc) is 2.82. The number of ether oxygens (including phenoxy) is 1. The molecule has 1 aliphatic rings. The maximum atomic E-state index is 13.5. The number of carbonyl (C=O) groups is 2. The lowest BCUT2D eigenvalue weighted by molar-refractivity contribution is -0.112. The van der Waals surface area contributed by atoms with Crippen molar-refractivity contribution in [1.29, 1.82) is 0 Å². The van der Waals surface area contributed by atoms with Crippen LogP contribution in [0, 0.1) is 0 Å². The second-order valence-electron chi connectivity index (χ2n) is 7.28. The molecule has 1 aliphatic heterocycles. The molecule has 0 spiro atoms.